The van der Waals surface area contributed by atoms with E-state index < -0.39 is 29.2 Å². The number of thioether (sulfide) groups is 1. The predicted octanol–water partition coefficient (Wildman–Crippen LogP) is 2.49. The van der Waals surface area contributed by atoms with Crippen LogP contribution in [-0.2, 0) is 14.3 Å². The van der Waals surface area contributed by atoms with E-state index in [2.05, 4.69) is 11.8 Å². The molecule has 0 radical (unpaired) electrons. The van der Waals surface area contributed by atoms with Gasteiger partial charge in [0.25, 0.3) is 11.5 Å². The van der Waals surface area contributed by atoms with Crippen LogP contribution in [0, 0.1) is 11.8 Å². The predicted molar refractivity (Wildman–Crippen MR) is 139 cm³/mol. The van der Waals surface area contributed by atoms with Gasteiger partial charge >= 0.3 is 11.7 Å². The molecule has 1 atom stereocenters. The lowest BCUT2D eigenvalue weighted by molar-refractivity contribution is -0.146. The summed E-state index contributed by atoms with van der Waals surface area (Å²) in [4.78, 5) is 64.5. The summed E-state index contributed by atoms with van der Waals surface area (Å²) in [6.45, 7) is 2.95. The van der Waals surface area contributed by atoms with Gasteiger partial charge in [0.15, 0.2) is 5.12 Å². The summed E-state index contributed by atoms with van der Waals surface area (Å²) in [5, 5.41) is -0.283. The summed E-state index contributed by atoms with van der Waals surface area (Å²) in [6, 6.07) is 13.4. The van der Waals surface area contributed by atoms with Crippen LogP contribution in [0.5, 0.6) is 5.75 Å². The van der Waals surface area contributed by atoms with Crippen molar-refractivity contribution in [3.05, 3.63) is 98.3 Å². The van der Waals surface area contributed by atoms with E-state index in [0.717, 1.165) is 22.5 Å². The third-order valence-electron chi connectivity index (χ3n) is 5.11. The maximum absolute atomic E-state index is 13.5. The lowest BCUT2D eigenvalue weighted by Crippen LogP contribution is -2.47. The van der Waals surface area contributed by atoms with Crippen LogP contribution in [0.1, 0.15) is 41.4 Å². The number of nitrogens with zero attached hydrogens (tertiary/aromatic N) is 2. The fourth-order valence-electron chi connectivity index (χ4n) is 3.28. The molecule has 0 aliphatic carbocycles. The van der Waals surface area contributed by atoms with E-state index >= 15 is 0 Å². The first-order chi connectivity index (χ1) is 17.8. The van der Waals surface area contributed by atoms with Gasteiger partial charge in [0.1, 0.15) is 17.4 Å². The van der Waals surface area contributed by atoms with Gasteiger partial charge in [-0.3, -0.25) is 19.0 Å². The second-order valence-corrected chi connectivity index (χ2v) is 8.79. The van der Waals surface area contributed by atoms with E-state index in [1.807, 2.05) is 6.07 Å². The molecule has 1 heterocycles. The molecule has 1 aromatic heterocycles. The van der Waals surface area contributed by atoms with Crippen LogP contribution >= 0.6 is 11.8 Å². The molecule has 0 fully saturated rings. The zero-order chi connectivity index (χ0) is 26.9. The molecule has 0 saturated carbocycles. The number of carbonyl (C=O) groups excluding carboxylic acids is 3. The molecule has 0 spiro atoms. The standard InChI is InChI=1S/C27H24N2O7S/c1-4-36-26(33)23(17-37-18(2)30)28-16-21(11-10-19-8-6-5-7-9-19)25(32)29(27(28)34)24(31)20-12-14-22(35-3)15-13-20/h5-9,12-16,23H,4,17H2,1-3H3/t23-/m1/s1. The molecule has 10 heteroatoms. The summed E-state index contributed by atoms with van der Waals surface area (Å²) >= 11 is 0.810. The van der Waals surface area contributed by atoms with Crippen molar-refractivity contribution in [1.29, 1.82) is 0 Å². The summed E-state index contributed by atoms with van der Waals surface area (Å²) < 4.78 is 11.6. The SMILES string of the molecule is CCOC(=O)[C@@H](CSC(C)=O)n1cc(C#Cc2ccccc2)c(=O)n(C(=O)c2ccc(OC)cc2)c1=O. The van der Waals surface area contributed by atoms with Crippen molar-refractivity contribution in [3.8, 4) is 17.6 Å². The summed E-state index contributed by atoms with van der Waals surface area (Å²) in [6.07, 6.45) is 1.13. The monoisotopic (exact) mass is 520 g/mol. The highest BCUT2D eigenvalue weighted by Gasteiger charge is 2.28. The Kier molecular flexibility index (Phi) is 9.24. The van der Waals surface area contributed by atoms with Gasteiger partial charge in [-0.25, -0.2) is 9.59 Å². The van der Waals surface area contributed by atoms with E-state index in [4.69, 9.17) is 9.47 Å². The second kappa shape index (κ2) is 12.6. The maximum atomic E-state index is 13.5. The van der Waals surface area contributed by atoms with Gasteiger partial charge in [0.2, 0.25) is 0 Å². The number of esters is 1. The molecule has 2 aromatic carbocycles. The number of hydrogen-bond donors (Lipinski definition) is 0. The molecule has 0 unspecified atom stereocenters. The number of methoxy groups -OCH3 is 1. The van der Waals surface area contributed by atoms with Gasteiger partial charge in [-0.15, -0.1) is 0 Å². The van der Waals surface area contributed by atoms with Crippen LogP contribution in [-0.4, -0.2) is 45.6 Å². The Labute approximate surface area is 217 Å². The third kappa shape index (κ3) is 6.65. The second-order valence-electron chi connectivity index (χ2n) is 7.59. The minimum atomic E-state index is -1.28. The molecule has 3 rings (SSSR count). The number of ether oxygens (including phenoxy) is 2. The normalized spacial score (nSPS) is 11.1. The van der Waals surface area contributed by atoms with E-state index in [1.165, 1.54) is 38.3 Å². The van der Waals surface area contributed by atoms with Gasteiger partial charge in [-0.05, 0) is 43.3 Å². The average Bonchev–Trinajstić information content (AvgIpc) is 2.90. The van der Waals surface area contributed by atoms with Gasteiger partial charge in [0, 0.05) is 30.0 Å². The Hall–Kier alpha value is -4.36. The Morgan fingerprint density at radius 3 is 2.27 bits per heavy atom. The maximum Gasteiger partial charge on any atom is 0.339 e. The van der Waals surface area contributed by atoms with Crippen molar-refractivity contribution in [2.75, 3.05) is 19.5 Å². The molecular weight excluding hydrogens is 496 g/mol. The third-order valence-corrected chi connectivity index (χ3v) is 6.00. The number of aromatic nitrogens is 2. The highest BCUT2D eigenvalue weighted by Crippen LogP contribution is 2.16. The van der Waals surface area contributed by atoms with E-state index in [1.54, 1.807) is 31.2 Å². The minimum absolute atomic E-state index is 0.0277. The van der Waals surface area contributed by atoms with E-state index in [-0.39, 0.29) is 28.6 Å². The Balaban J connectivity index is 2.25. The quantitative estimate of drug-likeness (QED) is 0.345. The molecule has 3 aromatic rings. The zero-order valence-electron chi connectivity index (χ0n) is 20.4. The van der Waals surface area contributed by atoms with Gasteiger partial charge in [-0.1, -0.05) is 41.8 Å². The lowest BCUT2D eigenvalue weighted by atomic mass is 10.2. The Morgan fingerprint density at radius 1 is 1.00 bits per heavy atom. The lowest BCUT2D eigenvalue weighted by Gasteiger charge is -2.19. The molecule has 9 nitrogen and oxygen atoms in total. The van der Waals surface area contributed by atoms with Crippen LogP contribution in [0.3, 0.4) is 0 Å². The van der Waals surface area contributed by atoms with Crippen molar-refractivity contribution < 1.29 is 23.9 Å². The summed E-state index contributed by atoms with van der Waals surface area (Å²) in [5.41, 5.74) is -1.54. The highest BCUT2D eigenvalue weighted by molar-refractivity contribution is 8.13. The molecule has 0 saturated heterocycles. The first-order valence-electron chi connectivity index (χ1n) is 11.2. The number of carbonyl (C=O) groups is 3. The number of hydrogen-bond acceptors (Lipinski definition) is 8. The zero-order valence-corrected chi connectivity index (χ0v) is 21.2. The Morgan fingerprint density at radius 2 is 1.68 bits per heavy atom. The molecular formula is C27H24N2O7S. The fourth-order valence-corrected chi connectivity index (χ4v) is 3.97. The van der Waals surface area contributed by atoms with Crippen molar-refractivity contribution in [2.24, 2.45) is 0 Å². The first kappa shape index (κ1) is 27.2. The molecule has 37 heavy (non-hydrogen) atoms. The molecule has 0 bridgehead atoms. The average molecular weight is 521 g/mol. The molecule has 0 amide bonds. The van der Waals surface area contributed by atoms with Gasteiger partial charge in [-0.2, -0.15) is 4.57 Å². The summed E-state index contributed by atoms with van der Waals surface area (Å²) in [7, 11) is 1.46. The largest absolute Gasteiger partial charge is 0.497 e. The van der Waals surface area contributed by atoms with Crippen LogP contribution < -0.4 is 16.0 Å². The van der Waals surface area contributed by atoms with Crippen molar-refractivity contribution >= 4 is 28.8 Å². The van der Waals surface area contributed by atoms with Crippen LogP contribution in [0.15, 0.2) is 70.4 Å². The molecule has 0 aliphatic rings. The van der Waals surface area contributed by atoms with Crippen molar-refractivity contribution in [2.45, 2.75) is 19.9 Å². The fraction of sp³-hybridized carbons (Fsp3) is 0.222. The van der Waals surface area contributed by atoms with Crippen LogP contribution in [0.4, 0.5) is 0 Å². The van der Waals surface area contributed by atoms with Crippen LogP contribution in [0.2, 0.25) is 0 Å². The van der Waals surface area contributed by atoms with E-state index in [0.29, 0.717) is 15.9 Å². The molecule has 190 valence electrons. The highest BCUT2D eigenvalue weighted by atomic mass is 32.2. The van der Waals surface area contributed by atoms with Gasteiger partial charge < -0.3 is 9.47 Å². The molecule has 0 aliphatic heterocycles. The Bertz CT molecular complexity index is 1480. The van der Waals surface area contributed by atoms with E-state index in [9.17, 15) is 24.0 Å². The molecule has 0 N–H and O–H groups in total. The van der Waals surface area contributed by atoms with Crippen molar-refractivity contribution in [1.82, 2.24) is 9.13 Å². The van der Waals surface area contributed by atoms with Crippen molar-refractivity contribution in [3.63, 3.8) is 0 Å². The number of rotatable bonds is 7. The summed E-state index contributed by atoms with van der Waals surface area (Å²) in [5.74, 6) is 4.18. The first-order valence-corrected chi connectivity index (χ1v) is 12.2. The smallest absolute Gasteiger partial charge is 0.339 e. The van der Waals surface area contributed by atoms with Crippen LogP contribution in [0.25, 0.3) is 0 Å². The topological polar surface area (TPSA) is 114 Å². The van der Waals surface area contributed by atoms with Gasteiger partial charge in [0.05, 0.1) is 13.7 Å². The number of benzene rings is 2. The minimum Gasteiger partial charge on any atom is -0.497 e.